The second-order valence-corrected chi connectivity index (χ2v) is 9.63. The molecule has 3 heterocycles. The zero-order valence-corrected chi connectivity index (χ0v) is 16.7. The number of ether oxygens (including phenoxy) is 2. The predicted octanol–water partition coefficient (Wildman–Crippen LogP) is 2.14. The van der Waals surface area contributed by atoms with Gasteiger partial charge in [0, 0.05) is 49.3 Å². The van der Waals surface area contributed by atoms with E-state index in [1.54, 1.807) is 20.5 Å². The van der Waals surface area contributed by atoms with Crippen LogP contribution in [0.2, 0.25) is 0 Å². The third-order valence-corrected chi connectivity index (χ3v) is 7.05. The van der Waals surface area contributed by atoms with Crippen molar-refractivity contribution >= 4 is 26.6 Å². The van der Waals surface area contributed by atoms with Gasteiger partial charge in [0.2, 0.25) is 0 Å². The SMILES string of the molecule is COc1cc2ncnc(N3CCC4(CCN(S(C)(=N)=O)C4)C3)c2cc1OC. The number of hydrogen-bond donors (Lipinski definition) is 1. The number of aromatic nitrogens is 2. The summed E-state index contributed by atoms with van der Waals surface area (Å²) in [6.07, 6.45) is 5.07. The Morgan fingerprint density at radius 2 is 1.81 bits per heavy atom. The first-order chi connectivity index (χ1) is 12.8. The Hall–Kier alpha value is -2.13. The summed E-state index contributed by atoms with van der Waals surface area (Å²) in [5.41, 5.74) is 0.891. The predicted molar refractivity (Wildman–Crippen MR) is 105 cm³/mol. The normalized spacial score (nSPS) is 25.2. The molecule has 1 aromatic heterocycles. The number of nitrogens with zero attached hydrogens (tertiary/aromatic N) is 4. The van der Waals surface area contributed by atoms with Gasteiger partial charge in [-0.1, -0.05) is 0 Å². The molecule has 4 rings (SSSR count). The molecule has 2 aliphatic rings. The monoisotopic (exact) mass is 391 g/mol. The van der Waals surface area contributed by atoms with E-state index < -0.39 is 9.92 Å². The number of rotatable bonds is 4. The summed E-state index contributed by atoms with van der Waals surface area (Å²) in [5.74, 6) is 2.19. The van der Waals surface area contributed by atoms with Crippen molar-refractivity contribution in [3.63, 3.8) is 0 Å². The maximum absolute atomic E-state index is 12.1. The Kier molecular flexibility index (Phi) is 4.38. The molecule has 146 valence electrons. The first-order valence-corrected chi connectivity index (χ1v) is 10.9. The molecule has 8 nitrogen and oxygen atoms in total. The molecule has 1 N–H and O–H groups in total. The topological polar surface area (TPSA) is 91.6 Å². The van der Waals surface area contributed by atoms with Crippen LogP contribution in [0.15, 0.2) is 18.5 Å². The van der Waals surface area contributed by atoms with Gasteiger partial charge in [-0.3, -0.25) is 0 Å². The van der Waals surface area contributed by atoms with E-state index in [1.165, 1.54) is 6.26 Å². The van der Waals surface area contributed by atoms with E-state index in [0.29, 0.717) is 18.0 Å². The smallest absolute Gasteiger partial charge is 0.162 e. The van der Waals surface area contributed by atoms with Crippen molar-refractivity contribution in [2.75, 3.05) is 51.6 Å². The van der Waals surface area contributed by atoms with Crippen molar-refractivity contribution in [1.82, 2.24) is 14.3 Å². The van der Waals surface area contributed by atoms with Gasteiger partial charge in [0.1, 0.15) is 22.1 Å². The molecule has 2 aromatic rings. The molecule has 9 heteroatoms. The zero-order valence-electron chi connectivity index (χ0n) is 15.9. The molecule has 27 heavy (non-hydrogen) atoms. The van der Waals surface area contributed by atoms with Gasteiger partial charge in [-0.15, -0.1) is 0 Å². The summed E-state index contributed by atoms with van der Waals surface area (Å²) < 4.78 is 32.6. The van der Waals surface area contributed by atoms with Crippen LogP contribution in [0.25, 0.3) is 10.9 Å². The summed E-state index contributed by atoms with van der Waals surface area (Å²) in [4.78, 5) is 11.2. The van der Waals surface area contributed by atoms with Gasteiger partial charge < -0.3 is 14.4 Å². The van der Waals surface area contributed by atoms with Crippen molar-refractivity contribution in [3.05, 3.63) is 18.5 Å². The molecule has 2 atom stereocenters. The molecule has 1 aromatic carbocycles. The third kappa shape index (κ3) is 3.19. The van der Waals surface area contributed by atoms with E-state index in [0.717, 1.165) is 49.2 Å². The van der Waals surface area contributed by atoms with Gasteiger partial charge in [-0.25, -0.2) is 23.3 Å². The fraction of sp³-hybridized carbons (Fsp3) is 0.556. The van der Waals surface area contributed by atoms with Crippen molar-refractivity contribution in [2.24, 2.45) is 5.41 Å². The molecule has 0 saturated carbocycles. The van der Waals surface area contributed by atoms with Crippen LogP contribution in [-0.2, 0) is 9.92 Å². The average molecular weight is 391 g/mol. The van der Waals surface area contributed by atoms with Crippen LogP contribution in [0.4, 0.5) is 5.82 Å². The third-order valence-electron chi connectivity index (χ3n) is 5.75. The number of benzene rings is 1. The molecule has 2 fully saturated rings. The molecular weight excluding hydrogens is 366 g/mol. The fourth-order valence-corrected chi connectivity index (χ4v) is 5.22. The molecule has 2 aliphatic heterocycles. The van der Waals surface area contributed by atoms with E-state index in [2.05, 4.69) is 14.9 Å². The molecule has 0 aliphatic carbocycles. The van der Waals surface area contributed by atoms with Crippen molar-refractivity contribution in [2.45, 2.75) is 12.8 Å². The molecule has 2 unspecified atom stereocenters. The quantitative estimate of drug-likeness (QED) is 0.859. The van der Waals surface area contributed by atoms with Crippen LogP contribution < -0.4 is 14.4 Å². The molecule has 0 radical (unpaired) electrons. The minimum Gasteiger partial charge on any atom is -0.493 e. The van der Waals surface area contributed by atoms with E-state index in [1.807, 2.05) is 16.4 Å². The van der Waals surface area contributed by atoms with Gasteiger partial charge >= 0.3 is 0 Å². The Labute approximate surface area is 159 Å². The second-order valence-electron chi connectivity index (χ2n) is 7.51. The lowest BCUT2D eigenvalue weighted by molar-refractivity contribution is 0.346. The van der Waals surface area contributed by atoms with Crippen molar-refractivity contribution < 1.29 is 13.7 Å². The minimum atomic E-state index is -2.64. The van der Waals surface area contributed by atoms with Crippen LogP contribution in [0.5, 0.6) is 11.5 Å². The van der Waals surface area contributed by atoms with Gasteiger partial charge in [0.05, 0.1) is 19.7 Å². The summed E-state index contributed by atoms with van der Waals surface area (Å²) in [6, 6.07) is 3.80. The Morgan fingerprint density at radius 1 is 1.11 bits per heavy atom. The summed E-state index contributed by atoms with van der Waals surface area (Å²) >= 11 is 0. The Balaban J connectivity index is 1.66. The first kappa shape index (κ1) is 18.2. The van der Waals surface area contributed by atoms with Crippen molar-refractivity contribution in [3.8, 4) is 11.5 Å². The zero-order chi connectivity index (χ0) is 19.2. The Morgan fingerprint density at radius 3 is 2.48 bits per heavy atom. The van der Waals surface area contributed by atoms with Gasteiger partial charge in [0.25, 0.3) is 0 Å². The van der Waals surface area contributed by atoms with Crippen LogP contribution in [-0.4, -0.2) is 65.1 Å². The molecule has 0 bridgehead atoms. The average Bonchev–Trinajstić information content (AvgIpc) is 3.27. The largest absolute Gasteiger partial charge is 0.493 e. The molecule has 1 spiro atoms. The highest BCUT2D eigenvalue weighted by Gasteiger charge is 2.45. The maximum atomic E-state index is 12.1. The number of hydrogen-bond acceptors (Lipinski definition) is 7. The van der Waals surface area contributed by atoms with E-state index in [4.69, 9.17) is 14.3 Å². The second kappa shape index (κ2) is 6.49. The highest BCUT2D eigenvalue weighted by atomic mass is 32.2. The standard InChI is InChI=1S/C18H25N5O3S/c1-25-15-8-13-14(9-16(15)26-2)20-12-21-17(13)22-6-4-18(10-22)5-7-23(11-18)27(3,19)24/h8-9,12,19H,4-7,10-11H2,1-3H3. The molecule has 2 saturated heterocycles. The number of methoxy groups -OCH3 is 2. The highest BCUT2D eigenvalue weighted by molar-refractivity contribution is 7.89. The fourth-order valence-electron chi connectivity index (χ4n) is 4.26. The van der Waals surface area contributed by atoms with Gasteiger partial charge in [-0.2, -0.15) is 0 Å². The highest BCUT2D eigenvalue weighted by Crippen LogP contribution is 2.43. The van der Waals surface area contributed by atoms with Crippen LogP contribution in [0.1, 0.15) is 12.8 Å². The lowest BCUT2D eigenvalue weighted by atomic mass is 9.86. The summed E-state index contributed by atoms with van der Waals surface area (Å²) in [5, 5.41) is 0.932. The summed E-state index contributed by atoms with van der Waals surface area (Å²) in [6.45, 7) is 3.17. The first-order valence-electron chi connectivity index (χ1n) is 8.96. The van der Waals surface area contributed by atoms with Crippen LogP contribution >= 0.6 is 0 Å². The molecular formula is C18H25N5O3S. The summed E-state index contributed by atoms with van der Waals surface area (Å²) in [7, 11) is 0.590. The van der Waals surface area contributed by atoms with E-state index >= 15 is 0 Å². The van der Waals surface area contributed by atoms with Crippen molar-refractivity contribution in [1.29, 1.82) is 4.78 Å². The minimum absolute atomic E-state index is 0.0769. The molecule has 0 amide bonds. The van der Waals surface area contributed by atoms with Crippen LogP contribution in [0, 0.1) is 10.2 Å². The Bertz CT molecular complexity index is 980. The maximum Gasteiger partial charge on any atom is 0.162 e. The lowest BCUT2D eigenvalue weighted by Gasteiger charge is -2.25. The van der Waals surface area contributed by atoms with Crippen LogP contribution in [0.3, 0.4) is 0 Å². The van der Waals surface area contributed by atoms with E-state index in [-0.39, 0.29) is 5.41 Å². The lowest BCUT2D eigenvalue weighted by Crippen LogP contribution is -2.33. The number of nitrogens with one attached hydrogen (secondary N) is 1. The van der Waals surface area contributed by atoms with Gasteiger partial charge in [-0.05, 0) is 18.9 Å². The van der Waals surface area contributed by atoms with Gasteiger partial charge in [0.15, 0.2) is 11.5 Å². The van der Waals surface area contributed by atoms with E-state index in [9.17, 15) is 4.21 Å². The number of fused-ring (bicyclic) bond motifs is 1. The number of anilines is 1.